The number of ether oxygens (including phenoxy) is 2. The molecule has 7 nitrogen and oxygen atoms in total. The number of carbonyl (C=O) groups excluding carboxylic acids is 2. The van der Waals surface area contributed by atoms with Crippen molar-refractivity contribution in [1.29, 1.82) is 0 Å². The van der Waals surface area contributed by atoms with Crippen molar-refractivity contribution in [3.8, 4) is 0 Å². The smallest absolute Gasteiger partial charge is 0.338 e. The standard InChI is InChI=1S/C13H23NO6/c1-11(2,3)19-8(15)7-13(14,9(16)17)10(18)20-12(4,5)6/h7,14H2,1-6H3,(H,16,17)/t13-/m0/s1. The number of rotatable bonds is 4. The molecule has 0 aromatic carbocycles. The minimum atomic E-state index is -2.46. The maximum Gasteiger partial charge on any atom is 0.338 e. The highest BCUT2D eigenvalue weighted by atomic mass is 16.6. The summed E-state index contributed by atoms with van der Waals surface area (Å²) in [6.07, 6.45) is -0.797. The second-order valence-corrected chi connectivity index (χ2v) is 6.54. The van der Waals surface area contributed by atoms with Crippen LogP contribution >= 0.6 is 0 Å². The van der Waals surface area contributed by atoms with E-state index in [9.17, 15) is 14.4 Å². The molecule has 0 radical (unpaired) electrons. The molecule has 0 aliphatic carbocycles. The van der Waals surface area contributed by atoms with Crippen LogP contribution in [0.5, 0.6) is 0 Å². The first kappa shape index (κ1) is 18.4. The maximum atomic E-state index is 11.9. The lowest BCUT2D eigenvalue weighted by molar-refractivity contribution is -0.175. The first-order valence-electron chi connectivity index (χ1n) is 6.15. The predicted octanol–water partition coefficient (Wildman–Crippen LogP) is 0.842. The number of carboxylic acid groups (broad SMARTS) is 1. The fourth-order valence-corrected chi connectivity index (χ4v) is 1.21. The quantitative estimate of drug-likeness (QED) is 0.582. The molecule has 0 rings (SSSR count). The van der Waals surface area contributed by atoms with Gasteiger partial charge in [-0.25, -0.2) is 9.59 Å². The van der Waals surface area contributed by atoms with Crippen molar-refractivity contribution in [2.75, 3.05) is 0 Å². The topological polar surface area (TPSA) is 116 Å². The molecule has 0 spiro atoms. The number of hydrogen-bond donors (Lipinski definition) is 2. The number of carbonyl (C=O) groups is 3. The van der Waals surface area contributed by atoms with Gasteiger partial charge in [-0.15, -0.1) is 0 Å². The van der Waals surface area contributed by atoms with E-state index in [-0.39, 0.29) is 0 Å². The highest BCUT2D eigenvalue weighted by molar-refractivity contribution is 6.06. The Morgan fingerprint density at radius 2 is 1.35 bits per heavy atom. The van der Waals surface area contributed by atoms with E-state index in [1.54, 1.807) is 41.5 Å². The van der Waals surface area contributed by atoms with Crippen molar-refractivity contribution in [3.05, 3.63) is 0 Å². The Morgan fingerprint density at radius 3 is 1.65 bits per heavy atom. The lowest BCUT2D eigenvalue weighted by Gasteiger charge is -2.28. The van der Waals surface area contributed by atoms with E-state index in [0.717, 1.165) is 0 Å². The van der Waals surface area contributed by atoms with Gasteiger partial charge in [0.1, 0.15) is 11.2 Å². The third-order valence-electron chi connectivity index (χ3n) is 1.99. The van der Waals surface area contributed by atoms with Crippen molar-refractivity contribution in [2.24, 2.45) is 5.73 Å². The van der Waals surface area contributed by atoms with Gasteiger partial charge < -0.3 is 20.3 Å². The minimum absolute atomic E-state index is 0.797. The average molecular weight is 289 g/mol. The van der Waals surface area contributed by atoms with Gasteiger partial charge in [-0.1, -0.05) is 0 Å². The van der Waals surface area contributed by atoms with Gasteiger partial charge in [0.25, 0.3) is 0 Å². The number of nitrogens with two attached hydrogens (primary N) is 1. The first-order valence-corrected chi connectivity index (χ1v) is 6.15. The molecule has 7 heteroatoms. The molecule has 0 aromatic rings. The molecule has 0 saturated carbocycles. The van der Waals surface area contributed by atoms with E-state index in [1.807, 2.05) is 0 Å². The molecular formula is C13H23NO6. The predicted molar refractivity (Wildman–Crippen MR) is 70.9 cm³/mol. The summed E-state index contributed by atoms with van der Waals surface area (Å²) < 4.78 is 9.92. The molecule has 20 heavy (non-hydrogen) atoms. The van der Waals surface area contributed by atoms with E-state index >= 15 is 0 Å². The van der Waals surface area contributed by atoms with Gasteiger partial charge in [0.2, 0.25) is 5.54 Å². The summed E-state index contributed by atoms with van der Waals surface area (Å²) >= 11 is 0. The van der Waals surface area contributed by atoms with Crippen LogP contribution < -0.4 is 5.73 Å². The second-order valence-electron chi connectivity index (χ2n) is 6.54. The van der Waals surface area contributed by atoms with Crippen LogP contribution in [-0.2, 0) is 23.9 Å². The van der Waals surface area contributed by atoms with Crippen molar-refractivity contribution >= 4 is 17.9 Å². The van der Waals surface area contributed by atoms with Crippen LogP contribution in [0.4, 0.5) is 0 Å². The number of hydrogen-bond acceptors (Lipinski definition) is 6. The normalized spacial score (nSPS) is 15.2. The fraction of sp³-hybridized carbons (Fsp3) is 0.769. The van der Waals surface area contributed by atoms with Gasteiger partial charge >= 0.3 is 17.9 Å². The Kier molecular flexibility index (Phi) is 5.31. The van der Waals surface area contributed by atoms with Crippen LogP contribution in [-0.4, -0.2) is 39.8 Å². The SMILES string of the molecule is CC(C)(C)OC(=O)C[C@](N)(C(=O)O)C(=O)OC(C)(C)C. The highest BCUT2D eigenvalue weighted by Crippen LogP contribution is 2.19. The second kappa shape index (κ2) is 5.78. The molecule has 0 fully saturated rings. The Bertz CT molecular complexity index is 404. The van der Waals surface area contributed by atoms with Gasteiger partial charge in [0.15, 0.2) is 0 Å². The molecule has 116 valence electrons. The summed E-state index contributed by atoms with van der Waals surface area (Å²) in [7, 11) is 0. The molecule has 0 heterocycles. The van der Waals surface area contributed by atoms with Gasteiger partial charge in [-0.2, -0.15) is 0 Å². The van der Waals surface area contributed by atoms with Gasteiger partial charge in [0.05, 0.1) is 6.42 Å². The molecular weight excluding hydrogens is 266 g/mol. The largest absolute Gasteiger partial charge is 0.479 e. The van der Waals surface area contributed by atoms with E-state index in [4.69, 9.17) is 20.3 Å². The van der Waals surface area contributed by atoms with Crippen molar-refractivity contribution in [1.82, 2.24) is 0 Å². The number of carboxylic acids is 1. The van der Waals surface area contributed by atoms with Crippen LogP contribution in [0.1, 0.15) is 48.0 Å². The molecule has 0 unspecified atom stereocenters. The summed E-state index contributed by atoms with van der Waals surface area (Å²) in [5.74, 6) is -3.70. The zero-order chi connectivity index (χ0) is 16.4. The van der Waals surface area contributed by atoms with Crippen LogP contribution in [0.25, 0.3) is 0 Å². The van der Waals surface area contributed by atoms with Crippen LogP contribution in [0.2, 0.25) is 0 Å². The number of aliphatic carboxylic acids is 1. The van der Waals surface area contributed by atoms with E-state index in [1.165, 1.54) is 0 Å². The van der Waals surface area contributed by atoms with E-state index in [2.05, 4.69) is 0 Å². The Balaban J connectivity index is 5.09. The van der Waals surface area contributed by atoms with Crippen molar-refractivity contribution < 1.29 is 29.0 Å². The molecule has 0 aliphatic rings. The lowest BCUT2D eigenvalue weighted by Crippen LogP contribution is -2.58. The summed E-state index contributed by atoms with van der Waals surface area (Å²) in [6, 6.07) is 0. The highest BCUT2D eigenvalue weighted by Gasteiger charge is 2.48. The molecule has 0 amide bonds. The van der Waals surface area contributed by atoms with Gasteiger partial charge in [-0.05, 0) is 41.5 Å². The molecule has 0 aromatic heterocycles. The summed E-state index contributed by atoms with van der Waals surface area (Å²) in [5, 5.41) is 9.11. The average Bonchev–Trinajstić information content (AvgIpc) is 2.10. The summed E-state index contributed by atoms with van der Waals surface area (Å²) in [5.41, 5.74) is 1.36. The summed E-state index contributed by atoms with van der Waals surface area (Å²) in [6.45, 7) is 9.58. The lowest BCUT2D eigenvalue weighted by atomic mass is 9.96. The monoisotopic (exact) mass is 289 g/mol. The molecule has 1 atom stereocenters. The molecule has 0 aliphatic heterocycles. The van der Waals surface area contributed by atoms with Gasteiger partial charge in [0, 0.05) is 0 Å². The molecule has 0 bridgehead atoms. The van der Waals surface area contributed by atoms with Crippen LogP contribution in [0.15, 0.2) is 0 Å². The third kappa shape index (κ3) is 6.01. The zero-order valence-electron chi connectivity index (χ0n) is 12.8. The number of esters is 2. The Labute approximate surface area is 118 Å². The zero-order valence-corrected chi connectivity index (χ0v) is 12.8. The Hall–Kier alpha value is -1.63. The Morgan fingerprint density at radius 1 is 0.950 bits per heavy atom. The molecule has 0 saturated heterocycles. The van der Waals surface area contributed by atoms with Crippen LogP contribution in [0, 0.1) is 0 Å². The fourth-order valence-electron chi connectivity index (χ4n) is 1.21. The van der Waals surface area contributed by atoms with Gasteiger partial charge in [-0.3, -0.25) is 4.79 Å². The van der Waals surface area contributed by atoms with Crippen LogP contribution in [0.3, 0.4) is 0 Å². The maximum absolute atomic E-state index is 11.9. The third-order valence-corrected chi connectivity index (χ3v) is 1.99. The summed E-state index contributed by atoms with van der Waals surface area (Å²) in [4.78, 5) is 34.8. The van der Waals surface area contributed by atoms with E-state index in [0.29, 0.717) is 0 Å². The van der Waals surface area contributed by atoms with Crippen molar-refractivity contribution in [3.63, 3.8) is 0 Å². The van der Waals surface area contributed by atoms with Crippen molar-refractivity contribution in [2.45, 2.75) is 64.7 Å². The molecule has 3 N–H and O–H groups in total. The first-order chi connectivity index (χ1) is 8.67. The minimum Gasteiger partial charge on any atom is -0.479 e. The van der Waals surface area contributed by atoms with E-state index < -0.39 is 41.1 Å².